The SMILES string of the molecule is C=CC(=O)Nc1cc(Nc2ncc(Cl)c(O[C@H]3CO[C@@H]4[C@H]3OCC4(F)F)n2)ccc1N1CCC(N(C)C)CC1. The summed E-state index contributed by atoms with van der Waals surface area (Å²) in [6.45, 7) is 4.47. The molecule has 3 atom stereocenters. The van der Waals surface area contributed by atoms with Gasteiger partial charge in [-0.15, -0.1) is 0 Å². The van der Waals surface area contributed by atoms with Crippen LogP contribution in [0.25, 0.3) is 0 Å². The van der Waals surface area contributed by atoms with E-state index < -0.39 is 30.8 Å². The molecule has 4 heterocycles. The van der Waals surface area contributed by atoms with Crippen LogP contribution < -0.4 is 20.3 Å². The average molecular weight is 565 g/mol. The highest BCUT2D eigenvalue weighted by molar-refractivity contribution is 6.31. The van der Waals surface area contributed by atoms with Gasteiger partial charge in [-0.2, -0.15) is 4.98 Å². The predicted molar refractivity (Wildman–Crippen MR) is 143 cm³/mol. The van der Waals surface area contributed by atoms with Gasteiger partial charge in [-0.3, -0.25) is 4.79 Å². The minimum atomic E-state index is -3.07. The first-order valence-corrected chi connectivity index (χ1v) is 13.1. The topological polar surface area (TPSA) is 101 Å². The van der Waals surface area contributed by atoms with Gasteiger partial charge in [0.15, 0.2) is 12.2 Å². The molecule has 39 heavy (non-hydrogen) atoms. The number of amides is 1. The molecule has 3 fully saturated rings. The van der Waals surface area contributed by atoms with Gasteiger partial charge in [-0.1, -0.05) is 18.2 Å². The molecule has 3 aliphatic rings. The normalized spacial score (nSPS) is 24.5. The Kier molecular flexibility index (Phi) is 7.90. The van der Waals surface area contributed by atoms with E-state index in [1.165, 1.54) is 12.3 Å². The van der Waals surface area contributed by atoms with Crippen LogP contribution in [-0.4, -0.2) is 91.4 Å². The molecule has 2 aromatic rings. The Balaban J connectivity index is 1.32. The number of nitrogens with one attached hydrogen (secondary N) is 2. The standard InChI is InChI=1S/C26H31ClF2N6O4/c1-4-21(36)32-18-11-15(5-6-19(18)35-9-7-16(8-10-35)34(2)3)31-25-30-12-17(27)24(33-25)39-20-13-37-23-22(20)38-14-26(23,28)29/h4-6,11-12,16,20,22-23H,1,7-10,13-14H2,2-3H3,(H,32,36)(H,30,31,33)/t20-,22-,23+/m0/s1. The summed E-state index contributed by atoms with van der Waals surface area (Å²) in [6, 6.07) is 6.10. The molecule has 2 N–H and O–H groups in total. The Morgan fingerprint density at radius 1 is 1.31 bits per heavy atom. The Bertz CT molecular complexity index is 1230. The third-order valence-corrected chi connectivity index (χ3v) is 7.45. The van der Waals surface area contributed by atoms with Crippen molar-refractivity contribution in [2.24, 2.45) is 0 Å². The fourth-order valence-corrected chi connectivity index (χ4v) is 5.23. The van der Waals surface area contributed by atoms with E-state index >= 15 is 0 Å². The minimum absolute atomic E-state index is 0.0165. The van der Waals surface area contributed by atoms with Gasteiger partial charge in [0.1, 0.15) is 17.7 Å². The van der Waals surface area contributed by atoms with Gasteiger partial charge in [0.05, 0.1) is 24.2 Å². The summed E-state index contributed by atoms with van der Waals surface area (Å²) < 4.78 is 44.1. The number of benzene rings is 1. The van der Waals surface area contributed by atoms with Crippen molar-refractivity contribution in [3.63, 3.8) is 0 Å². The second-order valence-corrected chi connectivity index (χ2v) is 10.4. The first-order chi connectivity index (χ1) is 18.6. The highest BCUT2D eigenvalue weighted by atomic mass is 35.5. The van der Waals surface area contributed by atoms with Gasteiger partial charge in [0.2, 0.25) is 17.7 Å². The van der Waals surface area contributed by atoms with E-state index in [9.17, 15) is 13.6 Å². The van der Waals surface area contributed by atoms with Crippen LogP contribution in [0.15, 0.2) is 37.1 Å². The van der Waals surface area contributed by atoms with Crippen LogP contribution in [0.3, 0.4) is 0 Å². The zero-order valence-corrected chi connectivity index (χ0v) is 22.5. The Hall–Kier alpha value is -3.06. The monoisotopic (exact) mass is 564 g/mol. The largest absolute Gasteiger partial charge is 0.468 e. The number of halogens is 3. The number of carbonyl (C=O) groups excluding carboxylic acids is 1. The maximum atomic E-state index is 13.9. The smallest absolute Gasteiger partial charge is 0.299 e. The summed E-state index contributed by atoms with van der Waals surface area (Å²) in [5.74, 6) is -3.21. The summed E-state index contributed by atoms with van der Waals surface area (Å²) in [4.78, 5) is 25.2. The highest BCUT2D eigenvalue weighted by Crippen LogP contribution is 2.40. The molecule has 0 bridgehead atoms. The minimum Gasteiger partial charge on any atom is -0.468 e. The molecule has 3 saturated heterocycles. The lowest BCUT2D eigenvalue weighted by atomic mass is 10.0. The zero-order chi connectivity index (χ0) is 27.7. The van der Waals surface area contributed by atoms with Crippen LogP contribution in [0.2, 0.25) is 5.02 Å². The van der Waals surface area contributed by atoms with Crippen molar-refractivity contribution < 1.29 is 27.8 Å². The number of rotatable bonds is 8. The predicted octanol–water partition coefficient (Wildman–Crippen LogP) is 3.71. The van der Waals surface area contributed by atoms with E-state index in [4.69, 9.17) is 25.8 Å². The number of carbonyl (C=O) groups is 1. The lowest BCUT2D eigenvalue weighted by Gasteiger charge is -2.37. The lowest BCUT2D eigenvalue weighted by molar-refractivity contribution is -0.111. The van der Waals surface area contributed by atoms with Crippen molar-refractivity contribution in [1.82, 2.24) is 14.9 Å². The number of anilines is 4. The Morgan fingerprint density at radius 2 is 2.08 bits per heavy atom. The van der Waals surface area contributed by atoms with Crippen LogP contribution in [0.5, 0.6) is 5.88 Å². The average Bonchev–Trinajstić information content (AvgIpc) is 3.46. The van der Waals surface area contributed by atoms with Gasteiger partial charge < -0.3 is 34.6 Å². The molecule has 1 amide bonds. The fraction of sp³-hybridized carbons (Fsp3) is 0.500. The zero-order valence-electron chi connectivity index (χ0n) is 21.7. The highest BCUT2D eigenvalue weighted by Gasteiger charge is 2.59. The molecular weight excluding hydrogens is 534 g/mol. The van der Waals surface area contributed by atoms with Gasteiger partial charge in [-0.05, 0) is 51.2 Å². The summed E-state index contributed by atoms with van der Waals surface area (Å²) in [7, 11) is 4.18. The lowest BCUT2D eigenvalue weighted by Crippen LogP contribution is -2.42. The number of piperidine rings is 1. The summed E-state index contributed by atoms with van der Waals surface area (Å²) in [5, 5.41) is 6.10. The van der Waals surface area contributed by atoms with Crippen molar-refractivity contribution in [3.05, 3.63) is 42.1 Å². The van der Waals surface area contributed by atoms with Crippen molar-refractivity contribution in [2.45, 2.75) is 43.1 Å². The van der Waals surface area contributed by atoms with Gasteiger partial charge in [0, 0.05) is 24.8 Å². The van der Waals surface area contributed by atoms with E-state index in [-0.39, 0.29) is 29.4 Å². The molecule has 0 radical (unpaired) electrons. The molecule has 0 saturated carbocycles. The number of ether oxygens (including phenoxy) is 3. The van der Waals surface area contributed by atoms with Crippen molar-refractivity contribution in [3.8, 4) is 5.88 Å². The summed E-state index contributed by atoms with van der Waals surface area (Å²) in [6.07, 6.45) is 1.52. The Morgan fingerprint density at radius 3 is 2.79 bits per heavy atom. The molecule has 0 unspecified atom stereocenters. The first-order valence-electron chi connectivity index (χ1n) is 12.7. The second kappa shape index (κ2) is 11.2. The van der Waals surface area contributed by atoms with E-state index in [1.807, 2.05) is 12.1 Å². The molecular formula is C26H31ClF2N6O4. The van der Waals surface area contributed by atoms with Crippen LogP contribution in [-0.2, 0) is 14.3 Å². The van der Waals surface area contributed by atoms with E-state index in [1.54, 1.807) is 6.07 Å². The summed E-state index contributed by atoms with van der Waals surface area (Å²) in [5.41, 5.74) is 2.13. The van der Waals surface area contributed by atoms with Crippen molar-refractivity contribution in [2.75, 3.05) is 55.9 Å². The van der Waals surface area contributed by atoms with Gasteiger partial charge >= 0.3 is 0 Å². The summed E-state index contributed by atoms with van der Waals surface area (Å²) >= 11 is 6.24. The number of fused-ring (bicyclic) bond motifs is 1. The van der Waals surface area contributed by atoms with E-state index in [2.05, 4.69) is 51.1 Å². The van der Waals surface area contributed by atoms with Gasteiger partial charge in [-0.25, -0.2) is 13.8 Å². The number of hydrogen-bond donors (Lipinski definition) is 2. The van der Waals surface area contributed by atoms with E-state index in [0.717, 1.165) is 31.6 Å². The third kappa shape index (κ3) is 5.93. The molecule has 10 nitrogen and oxygen atoms in total. The number of nitrogens with zero attached hydrogens (tertiary/aromatic N) is 4. The quantitative estimate of drug-likeness (QED) is 0.465. The molecule has 3 aliphatic heterocycles. The van der Waals surface area contributed by atoms with Crippen molar-refractivity contribution >= 4 is 40.5 Å². The molecule has 1 aromatic heterocycles. The first kappa shape index (κ1) is 27.5. The van der Waals surface area contributed by atoms with Crippen LogP contribution in [0.4, 0.5) is 31.8 Å². The number of alkyl halides is 2. The second-order valence-electron chi connectivity index (χ2n) is 10.0. The molecule has 13 heteroatoms. The maximum Gasteiger partial charge on any atom is 0.299 e. The molecule has 1 aromatic carbocycles. The molecule has 0 aliphatic carbocycles. The number of hydrogen-bond acceptors (Lipinski definition) is 9. The van der Waals surface area contributed by atoms with Gasteiger partial charge in [0.25, 0.3) is 5.92 Å². The van der Waals surface area contributed by atoms with Crippen LogP contribution in [0.1, 0.15) is 12.8 Å². The van der Waals surface area contributed by atoms with E-state index in [0.29, 0.717) is 17.4 Å². The molecule has 5 rings (SSSR count). The van der Waals surface area contributed by atoms with Crippen LogP contribution >= 0.6 is 11.6 Å². The number of aromatic nitrogens is 2. The van der Waals surface area contributed by atoms with Crippen molar-refractivity contribution in [1.29, 1.82) is 0 Å². The third-order valence-electron chi connectivity index (χ3n) is 7.20. The molecule has 0 spiro atoms. The maximum absolute atomic E-state index is 13.9. The Labute approximate surface area is 230 Å². The molecule has 210 valence electrons. The van der Waals surface area contributed by atoms with Crippen LogP contribution in [0, 0.1) is 0 Å². The fourth-order valence-electron chi connectivity index (χ4n) is 5.09.